The zero-order valence-corrected chi connectivity index (χ0v) is 8.15. The summed E-state index contributed by atoms with van der Waals surface area (Å²) in [6, 6.07) is 0. The molecule has 0 radical (unpaired) electrons. The summed E-state index contributed by atoms with van der Waals surface area (Å²) in [6.45, 7) is 11.1. The van der Waals surface area contributed by atoms with Gasteiger partial charge < -0.3 is 5.73 Å². The van der Waals surface area contributed by atoms with Crippen LogP contribution in [0.1, 0.15) is 34.1 Å². The third-order valence-corrected chi connectivity index (χ3v) is 2.28. The van der Waals surface area contributed by atoms with E-state index in [4.69, 9.17) is 5.73 Å². The summed E-state index contributed by atoms with van der Waals surface area (Å²) in [5.41, 5.74) is 6.35. The summed E-state index contributed by atoms with van der Waals surface area (Å²) < 4.78 is 0. The van der Waals surface area contributed by atoms with Gasteiger partial charge in [-0.2, -0.15) is 0 Å². The molecule has 0 amide bonds. The summed E-state index contributed by atoms with van der Waals surface area (Å²) in [4.78, 5) is 2.35. The highest BCUT2D eigenvalue weighted by Crippen LogP contribution is 2.28. The predicted octanol–water partition coefficient (Wildman–Crippen LogP) is 1.41. The van der Waals surface area contributed by atoms with Crippen molar-refractivity contribution in [2.24, 2.45) is 11.1 Å². The normalized spacial score (nSPS) is 33.5. The molecule has 2 nitrogen and oxygen atoms in total. The molecule has 2 N–H and O–H groups in total. The lowest BCUT2D eigenvalue weighted by molar-refractivity contribution is -0.0195. The van der Waals surface area contributed by atoms with Crippen molar-refractivity contribution in [1.29, 1.82) is 0 Å². The van der Waals surface area contributed by atoms with Crippen LogP contribution < -0.4 is 5.73 Å². The fourth-order valence-corrected chi connectivity index (χ4v) is 1.45. The fraction of sp³-hybridized carbons (Fsp3) is 1.00. The van der Waals surface area contributed by atoms with Gasteiger partial charge in [-0.3, -0.25) is 4.90 Å². The van der Waals surface area contributed by atoms with Crippen LogP contribution in [0.5, 0.6) is 0 Å². The van der Waals surface area contributed by atoms with Crippen LogP contribution in [0, 0.1) is 5.41 Å². The van der Waals surface area contributed by atoms with Crippen molar-refractivity contribution < 1.29 is 0 Å². The molecule has 0 aromatic heterocycles. The zero-order chi connectivity index (χ0) is 8.70. The van der Waals surface area contributed by atoms with Gasteiger partial charge in [0.05, 0.1) is 5.66 Å². The maximum atomic E-state index is 6.00. The number of likely N-dealkylation sites (tertiary alicyclic amines) is 1. The Bertz CT molecular complexity index is 144. The van der Waals surface area contributed by atoms with E-state index >= 15 is 0 Å². The molecule has 0 spiro atoms. The van der Waals surface area contributed by atoms with Gasteiger partial charge in [0, 0.05) is 13.1 Å². The first-order valence-electron chi connectivity index (χ1n) is 4.35. The van der Waals surface area contributed by atoms with E-state index in [0.29, 0.717) is 5.41 Å². The molecule has 0 aromatic carbocycles. The molecule has 1 rings (SSSR count). The van der Waals surface area contributed by atoms with E-state index in [1.807, 2.05) is 0 Å². The van der Waals surface area contributed by atoms with Crippen LogP contribution in [0.15, 0.2) is 0 Å². The Kier molecular flexibility index (Phi) is 2.01. The van der Waals surface area contributed by atoms with E-state index in [2.05, 4.69) is 32.6 Å². The van der Waals surface area contributed by atoms with Crippen molar-refractivity contribution in [3.63, 3.8) is 0 Å². The van der Waals surface area contributed by atoms with Crippen molar-refractivity contribution >= 4 is 0 Å². The third-order valence-electron chi connectivity index (χ3n) is 2.28. The average molecular weight is 156 g/mol. The molecular formula is C9H20N2. The number of nitrogens with zero attached hydrogens (tertiary/aromatic N) is 1. The number of rotatable bonds is 1. The molecule has 1 heterocycles. The predicted molar refractivity (Wildman–Crippen MR) is 48.2 cm³/mol. The van der Waals surface area contributed by atoms with Gasteiger partial charge in [-0.15, -0.1) is 0 Å². The van der Waals surface area contributed by atoms with Gasteiger partial charge in [0.25, 0.3) is 0 Å². The molecule has 0 aromatic rings. The highest BCUT2D eigenvalue weighted by Gasteiger charge is 2.37. The van der Waals surface area contributed by atoms with Crippen LogP contribution in [-0.4, -0.2) is 23.7 Å². The minimum absolute atomic E-state index is 0.0206. The Hall–Kier alpha value is -0.0800. The standard InChI is InChI=1S/C9H20N2/c1-8(2,3)7-11-6-5-9(11,4)10/h5-7,10H2,1-4H3. The molecule has 66 valence electrons. The Morgan fingerprint density at radius 1 is 1.45 bits per heavy atom. The van der Waals surface area contributed by atoms with Crippen molar-refractivity contribution in [2.75, 3.05) is 13.1 Å². The summed E-state index contributed by atoms with van der Waals surface area (Å²) >= 11 is 0. The molecule has 0 bridgehead atoms. The van der Waals surface area contributed by atoms with E-state index in [-0.39, 0.29) is 5.66 Å². The molecule has 11 heavy (non-hydrogen) atoms. The van der Waals surface area contributed by atoms with E-state index in [1.54, 1.807) is 0 Å². The number of nitrogens with two attached hydrogens (primary N) is 1. The fourth-order valence-electron chi connectivity index (χ4n) is 1.45. The summed E-state index contributed by atoms with van der Waals surface area (Å²) in [5, 5.41) is 0. The highest BCUT2D eigenvalue weighted by molar-refractivity contribution is 4.92. The summed E-state index contributed by atoms with van der Waals surface area (Å²) in [6.07, 6.45) is 1.14. The van der Waals surface area contributed by atoms with Crippen LogP contribution in [0.2, 0.25) is 0 Å². The van der Waals surface area contributed by atoms with Crippen molar-refractivity contribution in [1.82, 2.24) is 4.90 Å². The first-order chi connectivity index (χ1) is 4.81. The largest absolute Gasteiger partial charge is 0.313 e. The van der Waals surface area contributed by atoms with Crippen LogP contribution in [-0.2, 0) is 0 Å². The minimum Gasteiger partial charge on any atom is -0.313 e. The van der Waals surface area contributed by atoms with Crippen molar-refractivity contribution in [2.45, 2.75) is 39.8 Å². The average Bonchev–Trinajstić information content (AvgIpc) is 1.79. The molecule has 0 saturated carbocycles. The molecule has 1 atom stereocenters. The zero-order valence-electron chi connectivity index (χ0n) is 8.15. The molecule has 2 heteroatoms. The molecule has 1 aliphatic heterocycles. The third kappa shape index (κ3) is 2.17. The van der Waals surface area contributed by atoms with Gasteiger partial charge >= 0.3 is 0 Å². The molecule has 1 unspecified atom stereocenters. The minimum atomic E-state index is -0.0206. The molecule has 0 aliphatic carbocycles. The first kappa shape index (κ1) is 9.01. The molecule has 1 fully saturated rings. The lowest BCUT2D eigenvalue weighted by Crippen LogP contribution is -2.65. The van der Waals surface area contributed by atoms with Crippen LogP contribution >= 0.6 is 0 Å². The van der Waals surface area contributed by atoms with Crippen molar-refractivity contribution in [3.05, 3.63) is 0 Å². The van der Waals surface area contributed by atoms with Crippen molar-refractivity contribution in [3.8, 4) is 0 Å². The SMILES string of the molecule is CC(C)(C)CN1CCC1(C)N. The first-order valence-corrected chi connectivity index (χ1v) is 4.35. The lowest BCUT2D eigenvalue weighted by atomic mass is 9.89. The maximum Gasteiger partial charge on any atom is 0.0670 e. The van der Waals surface area contributed by atoms with E-state index < -0.39 is 0 Å². The van der Waals surface area contributed by atoms with E-state index in [1.165, 1.54) is 6.54 Å². The maximum absolute atomic E-state index is 6.00. The molecule has 1 aliphatic rings. The summed E-state index contributed by atoms with van der Waals surface area (Å²) in [5.74, 6) is 0. The smallest absolute Gasteiger partial charge is 0.0670 e. The Morgan fingerprint density at radius 2 is 2.00 bits per heavy atom. The van der Waals surface area contributed by atoms with Gasteiger partial charge in [0.1, 0.15) is 0 Å². The van der Waals surface area contributed by atoms with Gasteiger partial charge in [-0.1, -0.05) is 20.8 Å². The van der Waals surface area contributed by atoms with Gasteiger partial charge in [-0.25, -0.2) is 0 Å². The van der Waals surface area contributed by atoms with Gasteiger partial charge in [-0.05, 0) is 18.8 Å². The van der Waals surface area contributed by atoms with Gasteiger partial charge in [0.15, 0.2) is 0 Å². The highest BCUT2D eigenvalue weighted by atomic mass is 15.3. The number of hydrogen-bond acceptors (Lipinski definition) is 2. The van der Waals surface area contributed by atoms with Crippen LogP contribution in [0.4, 0.5) is 0 Å². The lowest BCUT2D eigenvalue weighted by Gasteiger charge is -2.50. The summed E-state index contributed by atoms with van der Waals surface area (Å²) in [7, 11) is 0. The van der Waals surface area contributed by atoms with Gasteiger partial charge in [0.2, 0.25) is 0 Å². The second kappa shape index (κ2) is 2.46. The second-order valence-corrected chi connectivity index (χ2v) is 5.09. The topological polar surface area (TPSA) is 29.3 Å². The second-order valence-electron chi connectivity index (χ2n) is 5.09. The Morgan fingerprint density at radius 3 is 2.09 bits per heavy atom. The number of hydrogen-bond donors (Lipinski definition) is 1. The molecular weight excluding hydrogens is 136 g/mol. The van der Waals surface area contributed by atoms with Crippen LogP contribution in [0.25, 0.3) is 0 Å². The van der Waals surface area contributed by atoms with E-state index in [9.17, 15) is 0 Å². The van der Waals surface area contributed by atoms with Crippen LogP contribution in [0.3, 0.4) is 0 Å². The quantitative estimate of drug-likeness (QED) is 0.622. The Balaban J connectivity index is 2.40. The Labute approximate surface area is 69.8 Å². The van der Waals surface area contributed by atoms with E-state index in [0.717, 1.165) is 13.0 Å². The monoisotopic (exact) mass is 156 g/mol. The molecule has 1 saturated heterocycles.